The summed E-state index contributed by atoms with van der Waals surface area (Å²) in [4.78, 5) is 37.4. The van der Waals surface area contributed by atoms with Crippen molar-refractivity contribution in [3.05, 3.63) is 35.6 Å². The van der Waals surface area contributed by atoms with E-state index in [0.29, 0.717) is 30.3 Å². The standard InChI is InChI=1S/C24H30ClN5O3/c1-5-29(6-2)21(31)12-30-14-24(3,4)33-13-20(30)23(32)28-18-10-15(25)9-17-16-7-8-26-11-19(16)27-22(17)18/h7-11,20,27H,5-6,12-14H2,1-4H3,(H,28,32). The fourth-order valence-corrected chi connectivity index (χ4v) is 4.66. The van der Waals surface area contributed by atoms with Crippen LogP contribution < -0.4 is 5.32 Å². The number of aromatic amines is 1. The van der Waals surface area contributed by atoms with Gasteiger partial charge >= 0.3 is 0 Å². The molecule has 0 radical (unpaired) electrons. The fraction of sp³-hybridized carbons (Fsp3) is 0.458. The predicted molar refractivity (Wildman–Crippen MR) is 131 cm³/mol. The molecule has 1 aliphatic rings. The first kappa shape index (κ1) is 23.5. The van der Waals surface area contributed by atoms with Crippen molar-refractivity contribution in [2.24, 2.45) is 0 Å². The number of halogens is 1. The van der Waals surface area contributed by atoms with Crippen LogP contribution in [-0.4, -0.2) is 76.0 Å². The Morgan fingerprint density at radius 3 is 2.79 bits per heavy atom. The molecule has 2 N–H and O–H groups in total. The van der Waals surface area contributed by atoms with Gasteiger partial charge in [0.2, 0.25) is 11.8 Å². The zero-order valence-corrected chi connectivity index (χ0v) is 20.2. The largest absolute Gasteiger partial charge is 0.372 e. The number of carbonyl (C=O) groups is 2. The van der Waals surface area contributed by atoms with E-state index < -0.39 is 11.6 Å². The lowest BCUT2D eigenvalue weighted by Crippen LogP contribution is -2.60. The molecule has 1 unspecified atom stereocenters. The van der Waals surface area contributed by atoms with Gasteiger partial charge in [-0.15, -0.1) is 0 Å². The molecular weight excluding hydrogens is 442 g/mol. The molecule has 2 amide bonds. The number of rotatable bonds is 6. The summed E-state index contributed by atoms with van der Waals surface area (Å²) in [5, 5.41) is 5.43. The maximum atomic E-state index is 13.4. The molecular formula is C24H30ClN5O3. The summed E-state index contributed by atoms with van der Waals surface area (Å²) in [6.07, 6.45) is 3.47. The molecule has 33 heavy (non-hydrogen) atoms. The molecule has 1 aromatic carbocycles. The van der Waals surface area contributed by atoms with Gasteiger partial charge in [0.1, 0.15) is 6.04 Å². The average Bonchev–Trinajstić information content (AvgIpc) is 3.13. The molecule has 4 rings (SSSR count). The maximum absolute atomic E-state index is 13.4. The molecule has 1 aliphatic heterocycles. The van der Waals surface area contributed by atoms with E-state index in [1.807, 2.05) is 44.7 Å². The highest BCUT2D eigenvalue weighted by Gasteiger charge is 2.39. The first-order valence-electron chi connectivity index (χ1n) is 11.2. The number of nitrogens with one attached hydrogen (secondary N) is 2. The molecule has 3 heterocycles. The molecule has 0 saturated carbocycles. The smallest absolute Gasteiger partial charge is 0.244 e. The highest BCUT2D eigenvalue weighted by Crippen LogP contribution is 2.33. The average molecular weight is 472 g/mol. The summed E-state index contributed by atoms with van der Waals surface area (Å²) in [6.45, 7) is 9.95. The number of ether oxygens (including phenoxy) is 1. The van der Waals surface area contributed by atoms with Crippen LogP contribution in [0.1, 0.15) is 27.7 Å². The minimum absolute atomic E-state index is 0.00348. The van der Waals surface area contributed by atoms with Crippen LogP contribution in [0.3, 0.4) is 0 Å². The molecule has 2 aromatic heterocycles. The summed E-state index contributed by atoms with van der Waals surface area (Å²) in [6, 6.07) is 4.90. The SMILES string of the molecule is CCN(CC)C(=O)CN1CC(C)(C)OCC1C(=O)Nc1cc(Cl)cc2c1[nH]c1cnccc12. The molecule has 9 heteroatoms. The number of likely N-dealkylation sites (N-methyl/N-ethyl adjacent to an activating group) is 1. The molecule has 0 bridgehead atoms. The second-order valence-electron chi connectivity index (χ2n) is 8.97. The number of pyridine rings is 1. The lowest BCUT2D eigenvalue weighted by Gasteiger charge is -2.43. The Morgan fingerprint density at radius 2 is 2.06 bits per heavy atom. The van der Waals surface area contributed by atoms with Crippen molar-refractivity contribution in [3.8, 4) is 0 Å². The van der Waals surface area contributed by atoms with E-state index >= 15 is 0 Å². The van der Waals surface area contributed by atoms with Crippen LogP contribution >= 0.6 is 11.6 Å². The number of anilines is 1. The minimum Gasteiger partial charge on any atom is -0.372 e. The number of benzene rings is 1. The molecule has 3 aromatic rings. The van der Waals surface area contributed by atoms with Crippen LogP contribution in [-0.2, 0) is 14.3 Å². The Balaban J connectivity index is 1.62. The van der Waals surface area contributed by atoms with Crippen molar-refractivity contribution in [1.82, 2.24) is 19.8 Å². The van der Waals surface area contributed by atoms with Gasteiger partial charge in [-0.3, -0.25) is 19.5 Å². The number of H-pyrrole nitrogens is 1. The van der Waals surface area contributed by atoms with Crippen LogP contribution in [0.4, 0.5) is 5.69 Å². The zero-order chi connectivity index (χ0) is 23.8. The van der Waals surface area contributed by atoms with E-state index in [4.69, 9.17) is 16.3 Å². The van der Waals surface area contributed by atoms with Crippen molar-refractivity contribution in [2.45, 2.75) is 39.3 Å². The topological polar surface area (TPSA) is 90.6 Å². The number of morpholine rings is 1. The van der Waals surface area contributed by atoms with Gasteiger partial charge < -0.3 is 19.9 Å². The summed E-state index contributed by atoms with van der Waals surface area (Å²) in [5.41, 5.74) is 1.77. The van der Waals surface area contributed by atoms with Gasteiger partial charge in [0.25, 0.3) is 0 Å². The van der Waals surface area contributed by atoms with Gasteiger partial charge in [0, 0.05) is 41.6 Å². The van der Waals surface area contributed by atoms with Gasteiger partial charge in [-0.1, -0.05) is 11.6 Å². The first-order chi connectivity index (χ1) is 15.7. The van der Waals surface area contributed by atoms with Crippen LogP contribution in [0.15, 0.2) is 30.6 Å². The minimum atomic E-state index is -0.599. The number of hydrogen-bond donors (Lipinski definition) is 2. The van der Waals surface area contributed by atoms with Crippen LogP contribution in [0, 0.1) is 0 Å². The Hall–Kier alpha value is -2.68. The lowest BCUT2D eigenvalue weighted by molar-refractivity contribution is -0.150. The number of fused-ring (bicyclic) bond motifs is 3. The van der Waals surface area contributed by atoms with Crippen LogP contribution in [0.5, 0.6) is 0 Å². The lowest BCUT2D eigenvalue weighted by atomic mass is 10.0. The Bertz CT molecular complexity index is 1190. The summed E-state index contributed by atoms with van der Waals surface area (Å²) in [5.74, 6) is -0.234. The highest BCUT2D eigenvalue weighted by atomic mass is 35.5. The van der Waals surface area contributed by atoms with Crippen molar-refractivity contribution in [3.63, 3.8) is 0 Å². The summed E-state index contributed by atoms with van der Waals surface area (Å²) < 4.78 is 5.95. The molecule has 0 aliphatic carbocycles. The highest BCUT2D eigenvalue weighted by molar-refractivity contribution is 6.33. The third kappa shape index (κ3) is 4.83. The van der Waals surface area contributed by atoms with Crippen molar-refractivity contribution in [1.29, 1.82) is 0 Å². The van der Waals surface area contributed by atoms with Gasteiger partial charge in [0.05, 0.1) is 41.7 Å². The number of carbonyl (C=O) groups excluding carboxylic acids is 2. The summed E-state index contributed by atoms with van der Waals surface area (Å²) >= 11 is 6.39. The molecule has 1 fully saturated rings. The van der Waals surface area contributed by atoms with E-state index in [0.717, 1.165) is 21.8 Å². The number of nitrogens with zero attached hydrogens (tertiary/aromatic N) is 3. The summed E-state index contributed by atoms with van der Waals surface area (Å²) in [7, 11) is 0. The van der Waals surface area contributed by atoms with E-state index in [1.165, 1.54) is 0 Å². The van der Waals surface area contributed by atoms with Crippen molar-refractivity contribution >= 4 is 50.9 Å². The Kier molecular flexibility index (Phi) is 6.61. The van der Waals surface area contributed by atoms with Gasteiger partial charge in [-0.2, -0.15) is 0 Å². The van der Waals surface area contributed by atoms with E-state index in [-0.39, 0.29) is 25.0 Å². The third-order valence-corrected chi connectivity index (χ3v) is 6.36. The molecule has 0 spiro atoms. The zero-order valence-electron chi connectivity index (χ0n) is 19.4. The molecule has 1 saturated heterocycles. The van der Waals surface area contributed by atoms with Gasteiger partial charge in [0.15, 0.2) is 0 Å². The number of hydrogen-bond acceptors (Lipinski definition) is 5. The van der Waals surface area contributed by atoms with Gasteiger partial charge in [-0.25, -0.2) is 0 Å². The maximum Gasteiger partial charge on any atom is 0.244 e. The Morgan fingerprint density at radius 1 is 1.30 bits per heavy atom. The molecule has 8 nitrogen and oxygen atoms in total. The fourth-order valence-electron chi connectivity index (χ4n) is 4.44. The second kappa shape index (κ2) is 9.29. The normalized spacial score (nSPS) is 18.5. The van der Waals surface area contributed by atoms with Crippen LogP contribution in [0.25, 0.3) is 21.8 Å². The Labute approximate surface area is 198 Å². The van der Waals surface area contributed by atoms with E-state index in [1.54, 1.807) is 23.4 Å². The quantitative estimate of drug-likeness (QED) is 0.572. The number of amides is 2. The molecule has 176 valence electrons. The van der Waals surface area contributed by atoms with Crippen molar-refractivity contribution in [2.75, 3.05) is 38.1 Å². The second-order valence-corrected chi connectivity index (χ2v) is 9.41. The predicted octanol–water partition coefficient (Wildman–Crippen LogP) is 3.66. The monoisotopic (exact) mass is 471 g/mol. The van der Waals surface area contributed by atoms with Gasteiger partial charge in [-0.05, 0) is 45.9 Å². The van der Waals surface area contributed by atoms with Crippen molar-refractivity contribution < 1.29 is 14.3 Å². The van der Waals surface area contributed by atoms with E-state index in [2.05, 4.69) is 15.3 Å². The third-order valence-electron chi connectivity index (χ3n) is 6.15. The van der Waals surface area contributed by atoms with E-state index in [9.17, 15) is 9.59 Å². The first-order valence-corrected chi connectivity index (χ1v) is 11.6. The van der Waals surface area contributed by atoms with Crippen LogP contribution in [0.2, 0.25) is 5.02 Å². The number of aromatic nitrogens is 2. The molecule has 1 atom stereocenters.